The van der Waals surface area contributed by atoms with Gasteiger partial charge in [-0.2, -0.15) is 22.5 Å². The molecule has 0 saturated carbocycles. The molecule has 0 amide bonds. The molecule has 13 heteroatoms. The van der Waals surface area contributed by atoms with Crippen LogP contribution in [0.25, 0.3) is 10.4 Å². The molecule has 204 valence electrons. The van der Waals surface area contributed by atoms with Crippen molar-refractivity contribution < 1.29 is 22.7 Å². The van der Waals surface area contributed by atoms with E-state index >= 15 is 0 Å². The zero-order chi connectivity index (χ0) is 27.4. The summed E-state index contributed by atoms with van der Waals surface area (Å²) in [5.41, 5.74) is 10.7. The van der Waals surface area contributed by atoms with E-state index in [1.807, 2.05) is 25.1 Å². The van der Waals surface area contributed by atoms with Crippen LogP contribution < -0.4 is 10.2 Å². The van der Waals surface area contributed by atoms with Gasteiger partial charge >= 0.3 is 12.1 Å². The summed E-state index contributed by atoms with van der Waals surface area (Å²) in [5, 5.41) is 6.64. The van der Waals surface area contributed by atoms with Crippen molar-refractivity contribution in [2.24, 2.45) is 11.0 Å². The second-order valence-corrected chi connectivity index (χ2v) is 9.84. The number of hydrogen-bond acceptors (Lipinski definition) is 8. The van der Waals surface area contributed by atoms with Crippen LogP contribution in [-0.2, 0) is 15.7 Å². The van der Waals surface area contributed by atoms with Crippen molar-refractivity contribution >= 4 is 34.0 Å². The second-order valence-electron chi connectivity index (χ2n) is 9.09. The van der Waals surface area contributed by atoms with Crippen LogP contribution in [-0.4, -0.2) is 41.6 Å². The number of ether oxygens (including phenoxy) is 1. The molecule has 0 fully saturated rings. The maximum atomic E-state index is 13.1. The van der Waals surface area contributed by atoms with Gasteiger partial charge < -0.3 is 15.0 Å². The number of aromatic nitrogens is 2. The molecule has 2 aromatic rings. The number of anilines is 3. The molecule has 9 nitrogen and oxygen atoms in total. The Kier molecular flexibility index (Phi) is 11.9. The topological polar surface area (TPSA) is 116 Å². The molecule has 1 atom stereocenters. The summed E-state index contributed by atoms with van der Waals surface area (Å²) in [6, 6.07) is 5.71. The van der Waals surface area contributed by atoms with Crippen LogP contribution in [0.5, 0.6) is 0 Å². The maximum Gasteiger partial charge on any atom is 0.452 e. The van der Waals surface area contributed by atoms with E-state index in [0.717, 1.165) is 37.1 Å². The van der Waals surface area contributed by atoms with Gasteiger partial charge in [-0.15, -0.1) is 0 Å². The normalized spacial score (nSPS) is 12.2. The average molecular weight is 542 g/mol. The highest BCUT2D eigenvalue weighted by Gasteiger charge is 2.36. The molecule has 0 aliphatic rings. The fourth-order valence-corrected chi connectivity index (χ4v) is 4.39. The minimum Gasteiger partial charge on any atom is -0.466 e. The summed E-state index contributed by atoms with van der Waals surface area (Å²) >= 11 is 0.642. The van der Waals surface area contributed by atoms with Crippen molar-refractivity contribution in [2.45, 2.75) is 65.5 Å². The smallest absolute Gasteiger partial charge is 0.452 e. The first-order valence-electron chi connectivity index (χ1n) is 12.3. The fraction of sp³-hybridized carbons (Fsp3) is 0.625. The summed E-state index contributed by atoms with van der Waals surface area (Å²) in [5.74, 6) is -1.33. The third-order valence-corrected chi connectivity index (χ3v) is 6.10. The lowest BCUT2D eigenvalue weighted by Gasteiger charge is -2.29. The van der Waals surface area contributed by atoms with Crippen LogP contribution in [0.4, 0.5) is 29.7 Å². The average Bonchev–Trinajstić information content (AvgIpc) is 3.29. The molecule has 0 radical (unpaired) electrons. The number of hydrogen-bond donors (Lipinski definition) is 1. The van der Waals surface area contributed by atoms with Gasteiger partial charge in [0.1, 0.15) is 0 Å². The van der Waals surface area contributed by atoms with Crippen LogP contribution in [0.1, 0.15) is 70.7 Å². The molecule has 37 heavy (non-hydrogen) atoms. The van der Waals surface area contributed by atoms with Gasteiger partial charge in [-0.05, 0) is 54.8 Å². The van der Waals surface area contributed by atoms with Gasteiger partial charge in [-0.3, -0.25) is 4.79 Å². The van der Waals surface area contributed by atoms with Crippen LogP contribution in [0.15, 0.2) is 23.3 Å². The van der Waals surface area contributed by atoms with Gasteiger partial charge in [0.05, 0.1) is 24.4 Å². The van der Waals surface area contributed by atoms with Gasteiger partial charge in [0.15, 0.2) is 0 Å². The first-order chi connectivity index (χ1) is 17.5. The SMILES string of the molecule is CCOC(=O)C[C@@H](C)c1ccc(N(CCCCCN=[N+]=[N-])CC(C)C)c(Nc2nc(C(F)(F)F)ns2)c1. The highest BCUT2D eigenvalue weighted by molar-refractivity contribution is 7.09. The van der Waals surface area contributed by atoms with E-state index in [1.165, 1.54) is 0 Å². The lowest BCUT2D eigenvalue weighted by molar-refractivity contribution is -0.144. The molecular weight excluding hydrogens is 507 g/mol. The lowest BCUT2D eigenvalue weighted by Crippen LogP contribution is -2.29. The van der Waals surface area contributed by atoms with Gasteiger partial charge in [0.2, 0.25) is 11.0 Å². The summed E-state index contributed by atoms with van der Waals surface area (Å²) in [6.45, 7) is 10.0. The Morgan fingerprint density at radius 1 is 1.27 bits per heavy atom. The predicted octanol–water partition coefficient (Wildman–Crippen LogP) is 7.30. The number of alkyl halides is 3. The number of azide groups is 1. The first kappa shape index (κ1) is 30.2. The van der Waals surface area contributed by atoms with Crippen LogP contribution in [0, 0.1) is 5.92 Å². The number of benzene rings is 1. The molecule has 0 aliphatic carbocycles. The van der Waals surface area contributed by atoms with E-state index in [1.54, 1.807) is 6.92 Å². The van der Waals surface area contributed by atoms with Crippen molar-refractivity contribution in [1.82, 2.24) is 9.36 Å². The van der Waals surface area contributed by atoms with Crippen LogP contribution in [0.3, 0.4) is 0 Å². The Balaban J connectivity index is 2.36. The van der Waals surface area contributed by atoms with Crippen LogP contribution in [0.2, 0.25) is 0 Å². The minimum absolute atomic E-state index is 0.0302. The summed E-state index contributed by atoms with van der Waals surface area (Å²) < 4.78 is 47.7. The zero-order valence-corrected chi connectivity index (χ0v) is 22.4. The molecule has 0 unspecified atom stereocenters. The molecular formula is C24H34F3N7O2S. The summed E-state index contributed by atoms with van der Waals surface area (Å²) in [7, 11) is 0. The molecule has 1 heterocycles. The molecule has 0 saturated heterocycles. The van der Waals surface area contributed by atoms with Crippen molar-refractivity contribution in [3.63, 3.8) is 0 Å². The van der Waals surface area contributed by atoms with Gasteiger partial charge in [-0.1, -0.05) is 38.4 Å². The number of rotatable bonds is 15. The Hall–Kier alpha value is -3.05. The Bertz CT molecular complexity index is 1060. The number of unbranched alkanes of at least 4 members (excludes halogenated alkanes) is 2. The molecule has 0 aliphatic heterocycles. The van der Waals surface area contributed by atoms with E-state index in [9.17, 15) is 18.0 Å². The van der Waals surface area contributed by atoms with Crippen molar-refractivity contribution in [3.8, 4) is 0 Å². The standard InChI is InChI=1S/C24H34F3N7O2S/c1-5-36-21(35)13-17(4)18-9-10-20(34(15-16(2)3)12-8-6-7-11-29-33-28)19(14-18)30-23-31-22(32-37-23)24(25,26)27/h9-10,14,16-17H,5-8,11-13,15H2,1-4H3,(H,30,31,32)/t17-/m1/s1. The van der Waals surface area contributed by atoms with Gasteiger partial charge in [0.25, 0.3) is 0 Å². The molecule has 2 rings (SSSR count). The van der Waals surface area contributed by atoms with Gasteiger partial charge in [-0.25, -0.2) is 0 Å². The van der Waals surface area contributed by atoms with Crippen LogP contribution >= 0.6 is 11.5 Å². The minimum atomic E-state index is -4.63. The maximum absolute atomic E-state index is 13.1. The lowest BCUT2D eigenvalue weighted by atomic mass is 9.96. The van der Waals surface area contributed by atoms with E-state index in [0.29, 0.717) is 42.8 Å². The van der Waals surface area contributed by atoms with E-state index in [4.69, 9.17) is 10.3 Å². The predicted molar refractivity (Wildman–Crippen MR) is 139 cm³/mol. The number of carbonyl (C=O) groups is 1. The van der Waals surface area contributed by atoms with Crippen molar-refractivity contribution in [2.75, 3.05) is 36.5 Å². The highest BCUT2D eigenvalue weighted by atomic mass is 32.1. The van der Waals surface area contributed by atoms with Crippen molar-refractivity contribution in [1.29, 1.82) is 0 Å². The number of nitrogens with one attached hydrogen (secondary N) is 1. The number of halogens is 3. The monoisotopic (exact) mass is 541 g/mol. The Morgan fingerprint density at radius 2 is 2.03 bits per heavy atom. The molecule has 0 spiro atoms. The molecule has 1 N–H and O–H groups in total. The Labute approximate surface area is 219 Å². The summed E-state index contributed by atoms with van der Waals surface area (Å²) in [6.07, 6.45) is -1.94. The number of esters is 1. The van der Waals surface area contributed by atoms with E-state index < -0.39 is 12.0 Å². The quantitative estimate of drug-likeness (QED) is 0.0831. The molecule has 1 aromatic heterocycles. The second kappa shape index (κ2) is 14.6. The fourth-order valence-electron chi connectivity index (χ4n) is 3.79. The number of carbonyl (C=O) groups excluding carboxylic acids is 1. The summed E-state index contributed by atoms with van der Waals surface area (Å²) in [4.78, 5) is 20.6. The molecule has 1 aromatic carbocycles. The first-order valence-corrected chi connectivity index (χ1v) is 13.1. The third-order valence-electron chi connectivity index (χ3n) is 5.46. The highest BCUT2D eigenvalue weighted by Crippen LogP contribution is 2.36. The Morgan fingerprint density at radius 3 is 2.65 bits per heavy atom. The third kappa shape index (κ3) is 10.1. The van der Waals surface area contributed by atoms with Crippen molar-refractivity contribution in [3.05, 3.63) is 40.0 Å². The van der Waals surface area contributed by atoms with E-state index in [2.05, 4.69) is 43.4 Å². The number of nitrogens with zero attached hydrogens (tertiary/aromatic N) is 6. The largest absolute Gasteiger partial charge is 0.466 e. The van der Waals surface area contributed by atoms with Gasteiger partial charge in [0, 0.05) is 36.1 Å². The zero-order valence-electron chi connectivity index (χ0n) is 21.6. The van der Waals surface area contributed by atoms with E-state index in [-0.39, 0.29) is 23.4 Å². The molecule has 0 bridgehead atoms.